The number of aromatic nitrogens is 1. The Bertz CT molecular complexity index is 495. The predicted molar refractivity (Wildman–Crippen MR) is 94.0 cm³/mol. The van der Waals surface area contributed by atoms with Crippen LogP contribution in [-0.2, 0) is 11.3 Å². The molecule has 1 aromatic heterocycles. The molecule has 0 spiro atoms. The van der Waals surface area contributed by atoms with Crippen molar-refractivity contribution in [3.8, 4) is 0 Å². The second-order valence-electron chi connectivity index (χ2n) is 5.96. The van der Waals surface area contributed by atoms with Crippen molar-refractivity contribution in [3.63, 3.8) is 0 Å². The summed E-state index contributed by atoms with van der Waals surface area (Å²) in [5, 5.41) is 17.3. The molecular formula is C16H28N4O2S. The molecule has 1 saturated carbocycles. The molecule has 0 saturated heterocycles. The SMILES string of the molecule is CCNC(=NCc1nc(C)c(C)s1)NCC(O)COCC1CC1. The summed E-state index contributed by atoms with van der Waals surface area (Å²) in [5.74, 6) is 1.42. The molecule has 23 heavy (non-hydrogen) atoms. The average molecular weight is 340 g/mol. The summed E-state index contributed by atoms with van der Waals surface area (Å²) in [7, 11) is 0. The molecule has 6 nitrogen and oxygen atoms in total. The minimum atomic E-state index is -0.526. The third kappa shape index (κ3) is 6.85. The van der Waals surface area contributed by atoms with Crippen LogP contribution >= 0.6 is 11.3 Å². The monoisotopic (exact) mass is 340 g/mol. The molecule has 1 aliphatic rings. The molecule has 130 valence electrons. The van der Waals surface area contributed by atoms with Gasteiger partial charge in [-0.25, -0.2) is 9.98 Å². The van der Waals surface area contributed by atoms with Crippen LogP contribution < -0.4 is 10.6 Å². The summed E-state index contributed by atoms with van der Waals surface area (Å²) < 4.78 is 5.50. The van der Waals surface area contributed by atoms with Crippen LogP contribution in [0, 0.1) is 19.8 Å². The zero-order valence-electron chi connectivity index (χ0n) is 14.3. The van der Waals surface area contributed by atoms with Crippen LogP contribution in [0.5, 0.6) is 0 Å². The average Bonchev–Trinajstić information content (AvgIpc) is 3.28. The normalized spacial score (nSPS) is 16.4. The van der Waals surface area contributed by atoms with E-state index < -0.39 is 6.10 Å². The summed E-state index contributed by atoms with van der Waals surface area (Å²) in [6, 6.07) is 0. The Morgan fingerprint density at radius 1 is 1.43 bits per heavy atom. The van der Waals surface area contributed by atoms with E-state index in [2.05, 4.69) is 27.5 Å². The molecule has 7 heteroatoms. The van der Waals surface area contributed by atoms with Crippen LogP contribution in [0.25, 0.3) is 0 Å². The van der Waals surface area contributed by atoms with Gasteiger partial charge < -0.3 is 20.5 Å². The van der Waals surface area contributed by atoms with E-state index in [0.29, 0.717) is 25.7 Å². The van der Waals surface area contributed by atoms with Crippen molar-refractivity contribution in [2.45, 2.75) is 46.3 Å². The first-order chi connectivity index (χ1) is 11.1. The number of aryl methyl sites for hydroxylation is 2. The minimum Gasteiger partial charge on any atom is -0.389 e. The summed E-state index contributed by atoms with van der Waals surface area (Å²) in [6.45, 7) is 8.99. The molecule has 1 fully saturated rings. The van der Waals surface area contributed by atoms with E-state index in [-0.39, 0.29) is 0 Å². The first kappa shape index (κ1) is 18.2. The Labute approximate surface area is 142 Å². The number of hydrogen-bond acceptors (Lipinski definition) is 5. The predicted octanol–water partition coefficient (Wildman–Crippen LogP) is 1.60. The molecule has 2 rings (SSSR count). The molecule has 0 bridgehead atoms. The molecule has 3 N–H and O–H groups in total. The summed E-state index contributed by atoms with van der Waals surface area (Å²) >= 11 is 1.68. The highest BCUT2D eigenvalue weighted by atomic mass is 32.1. The van der Waals surface area contributed by atoms with Gasteiger partial charge in [0.1, 0.15) is 5.01 Å². The number of rotatable bonds is 9. The van der Waals surface area contributed by atoms with Crippen LogP contribution in [0.4, 0.5) is 0 Å². The summed E-state index contributed by atoms with van der Waals surface area (Å²) in [4.78, 5) is 10.2. The maximum atomic E-state index is 9.94. The van der Waals surface area contributed by atoms with Gasteiger partial charge in [0, 0.05) is 24.6 Å². The van der Waals surface area contributed by atoms with E-state index in [0.717, 1.165) is 29.8 Å². The maximum Gasteiger partial charge on any atom is 0.191 e. The van der Waals surface area contributed by atoms with Crippen LogP contribution in [0.2, 0.25) is 0 Å². The Morgan fingerprint density at radius 3 is 2.83 bits per heavy atom. The smallest absolute Gasteiger partial charge is 0.191 e. The van der Waals surface area contributed by atoms with Crippen molar-refractivity contribution in [3.05, 3.63) is 15.6 Å². The number of ether oxygens (including phenoxy) is 1. The summed E-state index contributed by atoms with van der Waals surface area (Å²) in [6.07, 6.45) is 2.00. The van der Waals surface area contributed by atoms with Gasteiger partial charge in [0.05, 0.1) is 24.9 Å². The fraction of sp³-hybridized carbons (Fsp3) is 0.750. The number of aliphatic imine (C=N–C) groups is 1. The van der Waals surface area contributed by atoms with Gasteiger partial charge in [0.15, 0.2) is 5.96 Å². The molecule has 1 heterocycles. The van der Waals surface area contributed by atoms with Crippen LogP contribution in [0.3, 0.4) is 0 Å². The number of nitrogens with one attached hydrogen (secondary N) is 2. The highest BCUT2D eigenvalue weighted by Gasteiger charge is 2.21. The topological polar surface area (TPSA) is 78.8 Å². The Kier molecular flexibility index (Phi) is 7.26. The quantitative estimate of drug-likeness (QED) is 0.470. The van der Waals surface area contributed by atoms with Gasteiger partial charge in [-0.15, -0.1) is 11.3 Å². The lowest BCUT2D eigenvalue weighted by Gasteiger charge is -2.15. The first-order valence-electron chi connectivity index (χ1n) is 8.29. The van der Waals surface area contributed by atoms with E-state index in [1.54, 1.807) is 11.3 Å². The molecule has 1 aliphatic carbocycles. The molecule has 1 atom stereocenters. The van der Waals surface area contributed by atoms with Gasteiger partial charge in [0.2, 0.25) is 0 Å². The second kappa shape index (κ2) is 9.20. The standard InChI is InChI=1S/C16H28N4O2S/c1-4-17-16(19-8-15-20-11(2)12(3)23-15)18-7-14(21)10-22-9-13-5-6-13/h13-14,21H,4-10H2,1-3H3,(H2,17,18,19). The van der Waals surface area contributed by atoms with Gasteiger partial charge in [-0.05, 0) is 39.5 Å². The van der Waals surface area contributed by atoms with Gasteiger partial charge in [0.25, 0.3) is 0 Å². The number of hydrogen-bond donors (Lipinski definition) is 3. The third-order valence-corrected chi connectivity index (χ3v) is 4.71. The number of aliphatic hydroxyl groups is 1. The van der Waals surface area contributed by atoms with E-state index >= 15 is 0 Å². The zero-order chi connectivity index (χ0) is 16.7. The van der Waals surface area contributed by atoms with Crippen molar-refractivity contribution >= 4 is 17.3 Å². The highest BCUT2D eigenvalue weighted by Crippen LogP contribution is 2.28. The molecule has 0 radical (unpaired) electrons. The maximum absolute atomic E-state index is 9.94. The largest absolute Gasteiger partial charge is 0.389 e. The van der Waals surface area contributed by atoms with Crippen LogP contribution in [-0.4, -0.2) is 48.5 Å². The van der Waals surface area contributed by atoms with E-state index in [4.69, 9.17) is 4.74 Å². The Hall–Kier alpha value is -1.18. The second-order valence-corrected chi connectivity index (χ2v) is 7.25. The van der Waals surface area contributed by atoms with Crippen molar-refractivity contribution in [1.82, 2.24) is 15.6 Å². The third-order valence-electron chi connectivity index (χ3n) is 3.66. The number of thiazole rings is 1. The molecule has 0 aliphatic heterocycles. The van der Waals surface area contributed by atoms with Crippen molar-refractivity contribution in [2.24, 2.45) is 10.9 Å². The lowest BCUT2D eigenvalue weighted by Crippen LogP contribution is -2.42. The molecular weight excluding hydrogens is 312 g/mol. The minimum absolute atomic E-state index is 0.369. The lowest BCUT2D eigenvalue weighted by atomic mass is 10.4. The fourth-order valence-electron chi connectivity index (χ4n) is 2.02. The van der Waals surface area contributed by atoms with Gasteiger partial charge in [-0.3, -0.25) is 0 Å². The van der Waals surface area contributed by atoms with E-state index in [9.17, 15) is 5.11 Å². The molecule has 1 unspecified atom stereocenters. The number of guanidine groups is 1. The van der Waals surface area contributed by atoms with Gasteiger partial charge >= 0.3 is 0 Å². The zero-order valence-corrected chi connectivity index (χ0v) is 15.1. The number of nitrogens with zero attached hydrogens (tertiary/aromatic N) is 2. The van der Waals surface area contributed by atoms with Gasteiger partial charge in [-0.2, -0.15) is 0 Å². The van der Waals surface area contributed by atoms with E-state index in [1.165, 1.54) is 17.7 Å². The first-order valence-corrected chi connectivity index (χ1v) is 9.11. The van der Waals surface area contributed by atoms with Gasteiger partial charge in [-0.1, -0.05) is 0 Å². The summed E-state index contributed by atoms with van der Waals surface area (Å²) in [5.41, 5.74) is 1.07. The van der Waals surface area contributed by atoms with E-state index in [1.807, 2.05) is 13.8 Å². The fourth-order valence-corrected chi connectivity index (χ4v) is 2.88. The Balaban J connectivity index is 1.73. The van der Waals surface area contributed by atoms with Crippen molar-refractivity contribution in [1.29, 1.82) is 0 Å². The number of aliphatic hydroxyl groups excluding tert-OH is 1. The van der Waals surface area contributed by atoms with Crippen LogP contribution in [0.15, 0.2) is 4.99 Å². The highest BCUT2D eigenvalue weighted by molar-refractivity contribution is 7.11. The molecule has 0 aromatic carbocycles. The Morgan fingerprint density at radius 2 is 2.22 bits per heavy atom. The van der Waals surface area contributed by atoms with Crippen molar-refractivity contribution < 1.29 is 9.84 Å². The van der Waals surface area contributed by atoms with Crippen LogP contribution in [0.1, 0.15) is 35.3 Å². The van der Waals surface area contributed by atoms with Crippen molar-refractivity contribution in [2.75, 3.05) is 26.3 Å². The molecule has 1 aromatic rings. The lowest BCUT2D eigenvalue weighted by molar-refractivity contribution is 0.0345. The molecule has 0 amide bonds.